The van der Waals surface area contributed by atoms with Gasteiger partial charge >= 0.3 is 5.97 Å². The highest BCUT2D eigenvalue weighted by Crippen LogP contribution is 2.34. The summed E-state index contributed by atoms with van der Waals surface area (Å²) in [6.45, 7) is 7.60. The molecule has 4 heteroatoms. The number of carbonyl (C=O) groups excluding carboxylic acids is 1. The first-order chi connectivity index (χ1) is 10.1. The number of likely N-dealkylation sites (tertiary alicyclic amines) is 1. The smallest absolute Gasteiger partial charge is 0.326 e. The SMILES string of the molecule is CCNC1(C(=O)OC)CCCC(N2CCCC(CC)C2)C1. The summed E-state index contributed by atoms with van der Waals surface area (Å²) in [5.74, 6) is 0.769. The van der Waals surface area contributed by atoms with E-state index in [9.17, 15) is 4.79 Å². The summed E-state index contributed by atoms with van der Waals surface area (Å²) in [6, 6.07) is 0.534. The molecule has 1 aliphatic carbocycles. The average molecular weight is 296 g/mol. The van der Waals surface area contributed by atoms with Crippen molar-refractivity contribution in [2.24, 2.45) is 5.92 Å². The van der Waals surface area contributed by atoms with Crippen molar-refractivity contribution in [3.8, 4) is 0 Å². The van der Waals surface area contributed by atoms with E-state index in [4.69, 9.17) is 4.74 Å². The van der Waals surface area contributed by atoms with Crippen molar-refractivity contribution in [1.82, 2.24) is 10.2 Å². The largest absolute Gasteiger partial charge is 0.468 e. The van der Waals surface area contributed by atoms with Crippen LogP contribution in [0.4, 0.5) is 0 Å². The molecule has 122 valence electrons. The van der Waals surface area contributed by atoms with Gasteiger partial charge < -0.3 is 15.0 Å². The normalized spacial score (nSPS) is 34.6. The summed E-state index contributed by atoms with van der Waals surface area (Å²) >= 11 is 0. The van der Waals surface area contributed by atoms with Crippen LogP contribution in [0.3, 0.4) is 0 Å². The van der Waals surface area contributed by atoms with E-state index in [-0.39, 0.29) is 5.97 Å². The standard InChI is InChI=1S/C17H32N2O2/c1-4-14-8-7-11-19(13-14)15-9-6-10-17(12-15,18-5-2)16(20)21-3/h14-15,18H,4-13H2,1-3H3. The second-order valence-corrected chi connectivity index (χ2v) is 6.77. The van der Waals surface area contributed by atoms with Crippen LogP contribution in [0.25, 0.3) is 0 Å². The molecule has 0 bridgehead atoms. The molecule has 1 N–H and O–H groups in total. The monoisotopic (exact) mass is 296 g/mol. The van der Waals surface area contributed by atoms with E-state index < -0.39 is 5.54 Å². The van der Waals surface area contributed by atoms with E-state index in [0.29, 0.717) is 6.04 Å². The third kappa shape index (κ3) is 3.78. The lowest BCUT2D eigenvalue weighted by Crippen LogP contribution is -2.59. The lowest BCUT2D eigenvalue weighted by molar-refractivity contribution is -0.151. The number of piperidine rings is 1. The summed E-state index contributed by atoms with van der Waals surface area (Å²) in [6.07, 6.45) is 8.11. The minimum atomic E-state index is -0.453. The zero-order chi connectivity index (χ0) is 15.3. The Kier molecular flexibility index (Phi) is 6.06. The van der Waals surface area contributed by atoms with Gasteiger partial charge in [0.05, 0.1) is 7.11 Å². The summed E-state index contributed by atoms with van der Waals surface area (Å²) in [5, 5.41) is 3.44. The van der Waals surface area contributed by atoms with E-state index in [1.807, 2.05) is 0 Å². The van der Waals surface area contributed by atoms with Crippen molar-refractivity contribution < 1.29 is 9.53 Å². The van der Waals surface area contributed by atoms with Crippen molar-refractivity contribution in [3.05, 3.63) is 0 Å². The van der Waals surface area contributed by atoms with Crippen LogP contribution in [0.2, 0.25) is 0 Å². The molecule has 0 amide bonds. The summed E-state index contributed by atoms with van der Waals surface area (Å²) < 4.78 is 5.10. The van der Waals surface area contributed by atoms with Gasteiger partial charge in [-0.2, -0.15) is 0 Å². The Hall–Kier alpha value is -0.610. The fourth-order valence-corrected chi connectivity index (χ4v) is 4.27. The Morgan fingerprint density at radius 2 is 2.14 bits per heavy atom. The van der Waals surface area contributed by atoms with Gasteiger partial charge in [0.1, 0.15) is 5.54 Å². The molecule has 0 aromatic rings. The number of carbonyl (C=O) groups is 1. The quantitative estimate of drug-likeness (QED) is 0.792. The van der Waals surface area contributed by atoms with Crippen molar-refractivity contribution in [2.75, 3.05) is 26.7 Å². The first-order valence-corrected chi connectivity index (χ1v) is 8.72. The molecule has 21 heavy (non-hydrogen) atoms. The number of ether oxygens (including phenoxy) is 1. The van der Waals surface area contributed by atoms with Crippen LogP contribution >= 0.6 is 0 Å². The highest BCUT2D eigenvalue weighted by atomic mass is 16.5. The van der Waals surface area contributed by atoms with E-state index in [1.165, 1.54) is 45.9 Å². The van der Waals surface area contributed by atoms with Crippen molar-refractivity contribution in [3.63, 3.8) is 0 Å². The topological polar surface area (TPSA) is 41.6 Å². The van der Waals surface area contributed by atoms with Crippen molar-refractivity contribution >= 4 is 5.97 Å². The molecule has 2 fully saturated rings. The Labute approximate surface area is 129 Å². The molecule has 1 aliphatic heterocycles. The number of rotatable bonds is 5. The van der Waals surface area contributed by atoms with Gasteiger partial charge in [0.15, 0.2) is 0 Å². The molecule has 1 saturated carbocycles. The molecular weight excluding hydrogens is 264 g/mol. The number of methoxy groups -OCH3 is 1. The van der Waals surface area contributed by atoms with Gasteiger partial charge in [-0.3, -0.25) is 4.79 Å². The zero-order valence-corrected chi connectivity index (χ0v) is 14.0. The van der Waals surface area contributed by atoms with E-state index in [0.717, 1.165) is 31.7 Å². The Morgan fingerprint density at radius 1 is 1.33 bits per heavy atom. The summed E-state index contributed by atoms with van der Waals surface area (Å²) in [5.41, 5.74) is -0.453. The third-order valence-corrected chi connectivity index (χ3v) is 5.46. The average Bonchev–Trinajstić information content (AvgIpc) is 2.54. The molecule has 0 spiro atoms. The zero-order valence-electron chi connectivity index (χ0n) is 14.0. The molecule has 1 heterocycles. The molecule has 2 aliphatic rings. The molecule has 3 atom stereocenters. The maximum absolute atomic E-state index is 12.3. The van der Waals surface area contributed by atoms with Crippen LogP contribution in [0.15, 0.2) is 0 Å². The highest BCUT2D eigenvalue weighted by molar-refractivity contribution is 5.81. The second kappa shape index (κ2) is 7.59. The van der Waals surface area contributed by atoms with Gasteiger partial charge in [-0.05, 0) is 57.5 Å². The molecule has 0 radical (unpaired) electrons. The predicted octanol–water partition coefficient (Wildman–Crippen LogP) is 2.57. The molecular formula is C17H32N2O2. The number of esters is 1. The van der Waals surface area contributed by atoms with Gasteiger partial charge in [0, 0.05) is 12.6 Å². The molecule has 0 aromatic heterocycles. The lowest BCUT2D eigenvalue weighted by Gasteiger charge is -2.45. The Bertz CT molecular complexity index is 344. The highest BCUT2D eigenvalue weighted by Gasteiger charge is 2.44. The van der Waals surface area contributed by atoms with Gasteiger partial charge in [0.2, 0.25) is 0 Å². The fourth-order valence-electron chi connectivity index (χ4n) is 4.27. The molecule has 2 rings (SSSR count). The van der Waals surface area contributed by atoms with Crippen LogP contribution < -0.4 is 5.32 Å². The summed E-state index contributed by atoms with van der Waals surface area (Å²) in [4.78, 5) is 15.0. The maximum atomic E-state index is 12.3. The van der Waals surface area contributed by atoms with Gasteiger partial charge in [-0.15, -0.1) is 0 Å². The number of nitrogens with zero attached hydrogens (tertiary/aromatic N) is 1. The minimum Gasteiger partial charge on any atom is -0.468 e. The van der Waals surface area contributed by atoms with E-state index in [1.54, 1.807) is 0 Å². The van der Waals surface area contributed by atoms with E-state index >= 15 is 0 Å². The van der Waals surface area contributed by atoms with Crippen LogP contribution in [0.5, 0.6) is 0 Å². The first-order valence-electron chi connectivity index (χ1n) is 8.72. The lowest BCUT2D eigenvalue weighted by atomic mass is 9.77. The number of hydrogen-bond acceptors (Lipinski definition) is 4. The Balaban J connectivity index is 2.05. The van der Waals surface area contributed by atoms with Crippen LogP contribution in [0.1, 0.15) is 58.8 Å². The fraction of sp³-hybridized carbons (Fsp3) is 0.941. The van der Waals surface area contributed by atoms with Crippen molar-refractivity contribution in [1.29, 1.82) is 0 Å². The van der Waals surface area contributed by atoms with Gasteiger partial charge in [0.25, 0.3) is 0 Å². The van der Waals surface area contributed by atoms with Gasteiger partial charge in [-0.1, -0.05) is 20.3 Å². The number of nitrogens with one attached hydrogen (secondary N) is 1. The van der Waals surface area contributed by atoms with Crippen molar-refractivity contribution in [2.45, 2.75) is 70.4 Å². The molecule has 0 aromatic carbocycles. The van der Waals surface area contributed by atoms with Gasteiger partial charge in [-0.25, -0.2) is 0 Å². The van der Waals surface area contributed by atoms with Crippen LogP contribution in [-0.2, 0) is 9.53 Å². The molecule has 4 nitrogen and oxygen atoms in total. The maximum Gasteiger partial charge on any atom is 0.326 e. The molecule has 1 saturated heterocycles. The molecule has 3 unspecified atom stereocenters. The van der Waals surface area contributed by atoms with E-state index in [2.05, 4.69) is 24.1 Å². The predicted molar refractivity (Wildman–Crippen MR) is 85.3 cm³/mol. The summed E-state index contributed by atoms with van der Waals surface area (Å²) in [7, 11) is 1.51. The second-order valence-electron chi connectivity index (χ2n) is 6.77. The van der Waals surface area contributed by atoms with Crippen LogP contribution in [-0.4, -0.2) is 49.2 Å². The Morgan fingerprint density at radius 3 is 2.81 bits per heavy atom. The third-order valence-electron chi connectivity index (χ3n) is 5.46. The minimum absolute atomic E-state index is 0.0712. The van der Waals surface area contributed by atoms with Crippen LogP contribution in [0, 0.1) is 5.92 Å². The first kappa shape index (κ1) is 16.8. The number of likely N-dealkylation sites (N-methyl/N-ethyl adjacent to an activating group) is 1. The number of hydrogen-bond donors (Lipinski definition) is 1.